The number of alkyl halides is 1. The summed E-state index contributed by atoms with van der Waals surface area (Å²) >= 11 is 0. The van der Waals surface area contributed by atoms with Crippen molar-refractivity contribution in [3.8, 4) is 0 Å². The van der Waals surface area contributed by atoms with E-state index in [1.54, 1.807) is 6.92 Å². The summed E-state index contributed by atoms with van der Waals surface area (Å²) in [7, 11) is 0. The van der Waals surface area contributed by atoms with Crippen LogP contribution in [0.2, 0.25) is 0 Å². The maximum atomic E-state index is 11.4. The Hall–Kier alpha value is -1.65. The van der Waals surface area contributed by atoms with Gasteiger partial charge in [0.05, 0.1) is 0 Å². The van der Waals surface area contributed by atoms with E-state index in [0.717, 1.165) is 0 Å². The topological polar surface area (TPSA) is 59.2 Å². The molecule has 0 spiro atoms. The van der Waals surface area contributed by atoms with Crippen molar-refractivity contribution in [2.75, 3.05) is 6.67 Å². The van der Waals surface area contributed by atoms with Crippen LogP contribution in [0, 0.1) is 0 Å². The molecule has 0 aliphatic rings. The van der Waals surface area contributed by atoms with Crippen molar-refractivity contribution < 1.29 is 18.7 Å². The summed E-state index contributed by atoms with van der Waals surface area (Å²) in [6, 6.07) is 3.89. The van der Waals surface area contributed by atoms with E-state index >= 15 is 0 Å². The number of H-pyrrole nitrogens is 1. The highest BCUT2D eigenvalue weighted by Crippen LogP contribution is 1.91. The van der Waals surface area contributed by atoms with Gasteiger partial charge in [0, 0.05) is 18.8 Å². The van der Waals surface area contributed by atoms with Crippen LogP contribution < -0.4 is 0 Å². The maximum absolute atomic E-state index is 11.4. The van der Waals surface area contributed by atoms with Crippen LogP contribution in [-0.2, 0) is 14.3 Å². The minimum Gasteiger partial charge on any atom is -0.391 e. The molecule has 1 heterocycles. The third-order valence-corrected chi connectivity index (χ3v) is 1.29. The van der Waals surface area contributed by atoms with Gasteiger partial charge in [0.1, 0.15) is 0 Å². The van der Waals surface area contributed by atoms with Gasteiger partial charge < -0.3 is 9.72 Å². The second-order valence-corrected chi connectivity index (χ2v) is 2.61. The molecule has 1 N–H and O–H groups in total. The summed E-state index contributed by atoms with van der Waals surface area (Å²) in [6.07, 6.45) is 4.50. The molecule has 15 heavy (non-hydrogen) atoms. The van der Waals surface area contributed by atoms with Gasteiger partial charge in [-0.25, -0.2) is 9.18 Å². The quantitative estimate of drug-likeness (QED) is 0.618. The van der Waals surface area contributed by atoms with Crippen molar-refractivity contribution in [1.82, 2.24) is 4.98 Å². The lowest BCUT2D eigenvalue weighted by Crippen LogP contribution is -2.12. The highest BCUT2D eigenvalue weighted by molar-refractivity contribution is 5.85. The number of esters is 2. The first-order chi connectivity index (χ1) is 7.20. The standard InChI is InChI=1S/C6H9FO3.C4H5N/c1-2-3-5(8)10-6(9)4-7;1-2-4-5-3-1/h2-4H2,1H3;1-5H. The Morgan fingerprint density at radius 3 is 2.20 bits per heavy atom. The molecule has 0 saturated heterocycles. The number of rotatable bonds is 3. The predicted molar refractivity (Wildman–Crippen MR) is 52.8 cm³/mol. The Kier molecular flexibility index (Phi) is 7.94. The number of ether oxygens (including phenoxy) is 1. The lowest BCUT2D eigenvalue weighted by atomic mass is 10.3. The normalized spacial score (nSPS) is 8.67. The lowest BCUT2D eigenvalue weighted by molar-refractivity contribution is -0.160. The molecule has 5 heteroatoms. The van der Waals surface area contributed by atoms with Gasteiger partial charge in [-0.1, -0.05) is 6.92 Å². The van der Waals surface area contributed by atoms with Gasteiger partial charge in [0.15, 0.2) is 6.67 Å². The average Bonchev–Trinajstić information content (AvgIpc) is 2.75. The van der Waals surface area contributed by atoms with Crippen LogP contribution in [0.15, 0.2) is 24.5 Å². The Balaban J connectivity index is 0.000000322. The highest BCUT2D eigenvalue weighted by atomic mass is 19.1. The molecule has 0 bridgehead atoms. The van der Waals surface area contributed by atoms with Gasteiger partial charge in [-0.15, -0.1) is 0 Å². The average molecular weight is 215 g/mol. The first-order valence-corrected chi connectivity index (χ1v) is 4.58. The number of hydrogen-bond acceptors (Lipinski definition) is 3. The lowest BCUT2D eigenvalue weighted by Gasteiger charge is -1.96. The zero-order chi connectivity index (χ0) is 11.5. The van der Waals surface area contributed by atoms with Crippen LogP contribution in [0.25, 0.3) is 0 Å². The summed E-state index contributed by atoms with van der Waals surface area (Å²) in [6.45, 7) is 0.524. The Morgan fingerprint density at radius 2 is 1.87 bits per heavy atom. The van der Waals surface area contributed by atoms with Crippen LogP contribution in [-0.4, -0.2) is 23.6 Å². The first kappa shape index (κ1) is 13.4. The van der Waals surface area contributed by atoms with E-state index in [1.807, 2.05) is 24.5 Å². The highest BCUT2D eigenvalue weighted by Gasteiger charge is 2.07. The van der Waals surface area contributed by atoms with E-state index in [0.29, 0.717) is 6.42 Å². The smallest absolute Gasteiger partial charge is 0.345 e. The third-order valence-electron chi connectivity index (χ3n) is 1.29. The van der Waals surface area contributed by atoms with Crippen molar-refractivity contribution in [3.05, 3.63) is 24.5 Å². The molecular weight excluding hydrogens is 201 g/mol. The number of carbonyl (C=O) groups excluding carboxylic acids is 2. The van der Waals surface area contributed by atoms with Crippen LogP contribution in [0.1, 0.15) is 19.8 Å². The van der Waals surface area contributed by atoms with E-state index in [-0.39, 0.29) is 6.42 Å². The molecule has 4 nitrogen and oxygen atoms in total. The molecule has 1 aromatic heterocycles. The zero-order valence-electron chi connectivity index (χ0n) is 8.53. The fourth-order valence-electron chi connectivity index (χ4n) is 0.687. The number of hydrogen-bond donors (Lipinski definition) is 1. The molecule has 0 aromatic carbocycles. The largest absolute Gasteiger partial charge is 0.391 e. The first-order valence-electron chi connectivity index (χ1n) is 4.58. The molecule has 0 saturated carbocycles. The number of aromatic nitrogens is 1. The Labute approximate surface area is 87.4 Å². The molecule has 1 aromatic rings. The minimum absolute atomic E-state index is 0.158. The van der Waals surface area contributed by atoms with Crippen molar-refractivity contribution in [3.63, 3.8) is 0 Å². The van der Waals surface area contributed by atoms with Crippen molar-refractivity contribution >= 4 is 11.9 Å². The Morgan fingerprint density at radius 1 is 1.27 bits per heavy atom. The summed E-state index contributed by atoms with van der Waals surface area (Å²) < 4.78 is 15.3. The molecule has 1 rings (SSSR count). The number of aromatic amines is 1. The number of carbonyl (C=O) groups is 2. The zero-order valence-corrected chi connectivity index (χ0v) is 8.53. The van der Waals surface area contributed by atoms with Crippen molar-refractivity contribution in [2.45, 2.75) is 19.8 Å². The van der Waals surface area contributed by atoms with Crippen LogP contribution >= 0.6 is 0 Å². The SMILES string of the molecule is CCCC(=O)OC(=O)CF.c1cc[nH]c1. The van der Waals surface area contributed by atoms with E-state index < -0.39 is 18.6 Å². The summed E-state index contributed by atoms with van der Waals surface area (Å²) in [4.78, 5) is 23.3. The van der Waals surface area contributed by atoms with E-state index in [9.17, 15) is 14.0 Å². The summed E-state index contributed by atoms with van der Waals surface area (Å²) in [5, 5.41) is 0. The number of nitrogens with one attached hydrogen (secondary N) is 1. The molecule has 0 radical (unpaired) electrons. The fourth-order valence-corrected chi connectivity index (χ4v) is 0.687. The van der Waals surface area contributed by atoms with Gasteiger partial charge in [0.25, 0.3) is 0 Å². The van der Waals surface area contributed by atoms with Crippen LogP contribution in [0.3, 0.4) is 0 Å². The van der Waals surface area contributed by atoms with E-state index in [2.05, 4.69) is 9.72 Å². The molecule has 0 aliphatic heterocycles. The molecule has 0 unspecified atom stereocenters. The van der Waals surface area contributed by atoms with E-state index in [1.165, 1.54) is 0 Å². The van der Waals surface area contributed by atoms with Crippen molar-refractivity contribution in [2.24, 2.45) is 0 Å². The summed E-state index contributed by atoms with van der Waals surface area (Å²) in [5.41, 5.74) is 0. The van der Waals surface area contributed by atoms with Gasteiger partial charge in [-0.05, 0) is 18.6 Å². The molecule has 0 fully saturated rings. The second-order valence-electron chi connectivity index (χ2n) is 2.61. The maximum Gasteiger partial charge on any atom is 0.345 e. The third kappa shape index (κ3) is 8.67. The van der Waals surface area contributed by atoms with Gasteiger partial charge in [-0.2, -0.15) is 0 Å². The monoisotopic (exact) mass is 215 g/mol. The van der Waals surface area contributed by atoms with E-state index in [4.69, 9.17) is 0 Å². The van der Waals surface area contributed by atoms with Gasteiger partial charge in [0.2, 0.25) is 0 Å². The Bertz CT molecular complexity index is 255. The molecule has 0 aliphatic carbocycles. The molecule has 0 atom stereocenters. The molecular formula is C10H14FNO3. The number of halogens is 1. The molecule has 84 valence electrons. The van der Waals surface area contributed by atoms with Crippen LogP contribution in [0.5, 0.6) is 0 Å². The minimum atomic E-state index is -1.24. The molecule has 0 amide bonds. The van der Waals surface area contributed by atoms with Crippen molar-refractivity contribution in [1.29, 1.82) is 0 Å². The van der Waals surface area contributed by atoms with Crippen LogP contribution in [0.4, 0.5) is 4.39 Å². The van der Waals surface area contributed by atoms with Gasteiger partial charge in [-0.3, -0.25) is 4.79 Å². The predicted octanol–water partition coefficient (Wildman–Crippen LogP) is 1.84. The fraction of sp³-hybridized carbons (Fsp3) is 0.400. The second kappa shape index (κ2) is 8.93. The van der Waals surface area contributed by atoms with Gasteiger partial charge >= 0.3 is 11.9 Å². The summed E-state index contributed by atoms with van der Waals surface area (Å²) in [5.74, 6) is -1.77.